The Morgan fingerprint density at radius 3 is 2.40 bits per heavy atom. The monoisotopic (exact) mass is 314 g/mol. The fourth-order valence-corrected chi connectivity index (χ4v) is 1.99. The van der Waals surface area contributed by atoms with Crippen molar-refractivity contribution in [3.05, 3.63) is 35.1 Å². The molecule has 0 aromatic heterocycles. The van der Waals surface area contributed by atoms with Gasteiger partial charge >= 0.3 is 6.18 Å². The third kappa shape index (κ3) is 5.85. The lowest BCUT2D eigenvalue weighted by atomic mass is 10.1. The lowest BCUT2D eigenvalue weighted by molar-refractivity contribution is -0.138. The Morgan fingerprint density at radius 1 is 1.20 bits per heavy atom. The van der Waals surface area contributed by atoms with E-state index < -0.39 is 27.6 Å². The third-order valence-electron chi connectivity index (χ3n) is 2.36. The van der Waals surface area contributed by atoms with Gasteiger partial charge in [0, 0.05) is 19.6 Å². The lowest BCUT2D eigenvalue weighted by Crippen LogP contribution is -2.31. The van der Waals surface area contributed by atoms with E-state index in [0.717, 1.165) is 18.4 Å². The van der Waals surface area contributed by atoms with E-state index in [2.05, 4.69) is 10.0 Å². The number of nitrogens with one attached hydrogen (secondary N) is 2. The van der Waals surface area contributed by atoms with E-state index in [4.69, 9.17) is 0 Å². The first-order chi connectivity index (χ1) is 9.09. The minimum atomic E-state index is -4.63. The van der Waals surface area contributed by atoms with Crippen molar-refractivity contribution in [3.63, 3.8) is 0 Å². The highest BCUT2D eigenvalue weighted by Crippen LogP contribution is 2.32. The van der Waals surface area contributed by atoms with Crippen molar-refractivity contribution in [2.24, 2.45) is 0 Å². The molecule has 9 heteroatoms. The van der Waals surface area contributed by atoms with Gasteiger partial charge in [0.2, 0.25) is 10.0 Å². The van der Waals surface area contributed by atoms with Gasteiger partial charge in [-0.05, 0) is 17.7 Å². The molecule has 0 bridgehead atoms. The molecule has 0 saturated carbocycles. The molecule has 0 fully saturated rings. The van der Waals surface area contributed by atoms with E-state index in [1.165, 1.54) is 0 Å². The Labute approximate surface area is 114 Å². The van der Waals surface area contributed by atoms with Crippen molar-refractivity contribution >= 4 is 10.0 Å². The quantitative estimate of drug-likeness (QED) is 0.618. The number of alkyl halides is 3. The molecule has 0 saturated heterocycles. The second-order valence-corrected chi connectivity index (χ2v) is 5.98. The average Bonchev–Trinajstić information content (AvgIpc) is 2.27. The molecule has 20 heavy (non-hydrogen) atoms. The molecule has 0 unspecified atom stereocenters. The van der Waals surface area contributed by atoms with Crippen LogP contribution in [0.1, 0.15) is 11.1 Å². The van der Waals surface area contributed by atoms with Crippen LogP contribution in [0.2, 0.25) is 0 Å². The molecule has 0 heterocycles. The number of halogens is 4. The molecule has 1 aromatic carbocycles. The van der Waals surface area contributed by atoms with Crippen LogP contribution >= 0.6 is 0 Å². The third-order valence-corrected chi connectivity index (χ3v) is 3.09. The van der Waals surface area contributed by atoms with Crippen LogP contribution in [0.15, 0.2) is 18.2 Å². The second kappa shape index (κ2) is 6.51. The number of hydrogen-bond acceptors (Lipinski definition) is 3. The van der Waals surface area contributed by atoms with Gasteiger partial charge in [0.25, 0.3) is 0 Å². The first-order valence-electron chi connectivity index (χ1n) is 5.60. The van der Waals surface area contributed by atoms with E-state index in [1.807, 2.05) is 0 Å². The highest BCUT2D eigenvalue weighted by Gasteiger charge is 2.33. The zero-order chi connectivity index (χ0) is 15.4. The Morgan fingerprint density at radius 2 is 1.85 bits per heavy atom. The van der Waals surface area contributed by atoms with Crippen LogP contribution in [0.25, 0.3) is 0 Å². The maximum Gasteiger partial charge on any atom is 0.416 e. The fourth-order valence-electron chi connectivity index (χ4n) is 1.51. The summed E-state index contributed by atoms with van der Waals surface area (Å²) < 4.78 is 74.6. The molecular formula is C11H14F4N2O2S. The Hall–Kier alpha value is -1.19. The fraction of sp³-hybridized carbons (Fsp3) is 0.455. The maximum absolute atomic E-state index is 12.9. The van der Waals surface area contributed by atoms with Crippen LogP contribution in [-0.4, -0.2) is 27.8 Å². The summed E-state index contributed by atoms with van der Waals surface area (Å²) >= 11 is 0. The van der Waals surface area contributed by atoms with E-state index in [9.17, 15) is 26.0 Å². The average molecular weight is 314 g/mol. The summed E-state index contributed by atoms with van der Waals surface area (Å²) in [5.74, 6) is -0.959. The van der Waals surface area contributed by atoms with Crippen LogP contribution in [0, 0.1) is 5.82 Å². The normalized spacial score (nSPS) is 12.7. The van der Waals surface area contributed by atoms with Crippen LogP contribution in [0.4, 0.5) is 17.6 Å². The van der Waals surface area contributed by atoms with Gasteiger partial charge in [-0.15, -0.1) is 0 Å². The lowest BCUT2D eigenvalue weighted by Gasteiger charge is -2.13. The van der Waals surface area contributed by atoms with Crippen LogP contribution < -0.4 is 10.0 Å². The van der Waals surface area contributed by atoms with Gasteiger partial charge in [-0.25, -0.2) is 17.5 Å². The minimum Gasteiger partial charge on any atom is -0.311 e. The van der Waals surface area contributed by atoms with Crippen molar-refractivity contribution in [2.75, 3.05) is 19.3 Å². The Kier molecular flexibility index (Phi) is 5.49. The van der Waals surface area contributed by atoms with Gasteiger partial charge in [0.15, 0.2) is 0 Å². The molecule has 1 rings (SSSR count). The first kappa shape index (κ1) is 16.9. The minimum absolute atomic E-state index is 0.0569. The van der Waals surface area contributed by atoms with Gasteiger partial charge in [-0.3, -0.25) is 0 Å². The highest BCUT2D eigenvalue weighted by molar-refractivity contribution is 7.88. The number of benzene rings is 1. The maximum atomic E-state index is 12.9. The number of sulfonamides is 1. The number of rotatable bonds is 6. The van der Waals surface area contributed by atoms with Crippen LogP contribution in [0.3, 0.4) is 0 Å². The van der Waals surface area contributed by atoms with Gasteiger partial charge in [0.1, 0.15) is 5.82 Å². The predicted octanol–water partition coefficient (Wildman–Crippen LogP) is 1.48. The zero-order valence-electron chi connectivity index (χ0n) is 10.6. The number of hydrogen-bond donors (Lipinski definition) is 2. The SMILES string of the molecule is CS(=O)(=O)NCCNCc1ccc(F)cc1C(F)(F)F. The van der Waals surface area contributed by atoms with E-state index in [-0.39, 0.29) is 25.2 Å². The van der Waals surface area contributed by atoms with Crippen molar-refractivity contribution in [1.82, 2.24) is 10.0 Å². The molecule has 1 aromatic rings. The summed E-state index contributed by atoms with van der Waals surface area (Å²) in [6.07, 6.45) is -3.65. The molecule has 2 N–H and O–H groups in total. The van der Waals surface area contributed by atoms with E-state index in [0.29, 0.717) is 6.07 Å². The summed E-state index contributed by atoms with van der Waals surface area (Å²) in [7, 11) is -3.33. The zero-order valence-corrected chi connectivity index (χ0v) is 11.4. The second-order valence-electron chi connectivity index (χ2n) is 4.14. The van der Waals surface area contributed by atoms with Crippen LogP contribution in [0.5, 0.6) is 0 Å². The van der Waals surface area contributed by atoms with Gasteiger partial charge in [0.05, 0.1) is 11.8 Å². The van der Waals surface area contributed by atoms with Gasteiger partial charge in [-0.1, -0.05) is 6.07 Å². The first-order valence-corrected chi connectivity index (χ1v) is 7.50. The molecule has 0 spiro atoms. The molecule has 114 valence electrons. The summed E-state index contributed by atoms with van der Waals surface area (Å²) in [6, 6.07) is 2.43. The molecule has 0 aliphatic rings. The largest absolute Gasteiger partial charge is 0.416 e. The van der Waals surface area contributed by atoms with Gasteiger partial charge in [-0.2, -0.15) is 13.2 Å². The molecular weight excluding hydrogens is 300 g/mol. The topological polar surface area (TPSA) is 58.2 Å². The van der Waals surface area contributed by atoms with Gasteiger partial charge < -0.3 is 5.32 Å². The molecule has 0 amide bonds. The highest BCUT2D eigenvalue weighted by atomic mass is 32.2. The smallest absolute Gasteiger partial charge is 0.311 e. The summed E-state index contributed by atoms with van der Waals surface area (Å²) in [4.78, 5) is 0. The summed E-state index contributed by atoms with van der Waals surface area (Å²) in [5.41, 5.74) is -1.14. The van der Waals surface area contributed by atoms with Crippen molar-refractivity contribution < 1.29 is 26.0 Å². The summed E-state index contributed by atoms with van der Waals surface area (Å²) in [6.45, 7) is 0.0731. The Balaban J connectivity index is 2.60. The van der Waals surface area contributed by atoms with Crippen LogP contribution in [-0.2, 0) is 22.7 Å². The standard InChI is InChI=1S/C11H14F4N2O2S/c1-20(18,19)17-5-4-16-7-8-2-3-9(12)6-10(8)11(13,14)15/h2-3,6,16-17H,4-5,7H2,1H3. The molecule has 0 atom stereocenters. The predicted molar refractivity (Wildman–Crippen MR) is 66.0 cm³/mol. The Bertz CT molecular complexity index is 558. The van der Waals surface area contributed by atoms with Crippen molar-refractivity contribution in [2.45, 2.75) is 12.7 Å². The van der Waals surface area contributed by atoms with E-state index >= 15 is 0 Å². The van der Waals surface area contributed by atoms with E-state index in [1.54, 1.807) is 0 Å². The summed E-state index contributed by atoms with van der Waals surface area (Å²) in [5, 5.41) is 2.66. The molecule has 0 radical (unpaired) electrons. The molecule has 0 aliphatic heterocycles. The van der Waals surface area contributed by atoms with Crippen molar-refractivity contribution in [1.29, 1.82) is 0 Å². The molecule has 4 nitrogen and oxygen atoms in total. The molecule has 0 aliphatic carbocycles. The van der Waals surface area contributed by atoms with Crippen molar-refractivity contribution in [3.8, 4) is 0 Å².